The third-order valence-corrected chi connectivity index (χ3v) is 3.86. The van der Waals surface area contributed by atoms with Crippen molar-refractivity contribution in [3.05, 3.63) is 46.4 Å². The predicted octanol–water partition coefficient (Wildman–Crippen LogP) is 2.05. The van der Waals surface area contributed by atoms with E-state index in [1.54, 1.807) is 18.2 Å². The fourth-order valence-corrected chi connectivity index (χ4v) is 2.61. The van der Waals surface area contributed by atoms with Crippen molar-refractivity contribution in [1.29, 1.82) is 0 Å². The normalized spacial score (nSPS) is 13.7. The zero-order valence-electron chi connectivity index (χ0n) is 13.2. The molecule has 0 saturated carbocycles. The van der Waals surface area contributed by atoms with Gasteiger partial charge in [0.15, 0.2) is 11.5 Å². The highest BCUT2D eigenvalue weighted by molar-refractivity contribution is 6.32. The Morgan fingerprint density at radius 1 is 1.32 bits per heavy atom. The average molecular weight is 389 g/mol. The van der Waals surface area contributed by atoms with Crippen LogP contribution in [-0.2, 0) is 6.54 Å². The van der Waals surface area contributed by atoms with E-state index in [0.717, 1.165) is 0 Å². The Morgan fingerprint density at radius 3 is 2.80 bits per heavy atom. The number of hydrogen-bond acceptors (Lipinski definition) is 6. The van der Waals surface area contributed by atoms with Crippen LogP contribution >= 0.6 is 24.0 Å². The summed E-state index contributed by atoms with van der Waals surface area (Å²) in [5.74, 6) is 1.10. The highest BCUT2D eigenvalue weighted by Gasteiger charge is 2.20. The molecule has 2 aromatic rings. The Hall–Kier alpha value is -1.93. The maximum Gasteiger partial charge on any atom is 0.254 e. The maximum absolute atomic E-state index is 12.0. The summed E-state index contributed by atoms with van der Waals surface area (Å²) in [6, 6.07) is 4.81. The predicted molar refractivity (Wildman–Crippen MR) is 93.6 cm³/mol. The minimum Gasteiger partial charge on any atom is -0.486 e. The Balaban J connectivity index is 0.00000225. The van der Waals surface area contributed by atoms with Gasteiger partial charge in [-0.2, -0.15) is 0 Å². The van der Waals surface area contributed by atoms with E-state index < -0.39 is 6.10 Å². The molecule has 0 saturated heterocycles. The van der Waals surface area contributed by atoms with Gasteiger partial charge in [-0.1, -0.05) is 11.6 Å². The van der Waals surface area contributed by atoms with Crippen LogP contribution < -0.4 is 20.5 Å². The summed E-state index contributed by atoms with van der Waals surface area (Å²) in [6.45, 7) is 1.08. The summed E-state index contributed by atoms with van der Waals surface area (Å²) in [5, 5.41) is 13.3. The van der Waals surface area contributed by atoms with Crippen molar-refractivity contribution in [3.63, 3.8) is 0 Å². The molecule has 4 N–H and O–H groups in total. The summed E-state index contributed by atoms with van der Waals surface area (Å²) in [6.07, 6.45) is 0.383. The number of furan rings is 1. The molecule has 9 heteroatoms. The first-order chi connectivity index (χ1) is 11.6. The van der Waals surface area contributed by atoms with Crippen molar-refractivity contribution in [1.82, 2.24) is 5.32 Å². The topological polar surface area (TPSA) is 107 Å². The van der Waals surface area contributed by atoms with Gasteiger partial charge in [0.25, 0.3) is 5.91 Å². The molecule has 0 bridgehead atoms. The van der Waals surface area contributed by atoms with Crippen molar-refractivity contribution >= 4 is 29.9 Å². The third kappa shape index (κ3) is 4.38. The number of halogens is 2. The van der Waals surface area contributed by atoms with Crippen LogP contribution in [0.1, 0.15) is 27.8 Å². The van der Waals surface area contributed by atoms with Crippen molar-refractivity contribution in [2.45, 2.75) is 12.6 Å². The molecule has 0 aliphatic carbocycles. The average Bonchev–Trinajstić information content (AvgIpc) is 3.08. The van der Waals surface area contributed by atoms with Crippen LogP contribution in [0.3, 0.4) is 0 Å². The lowest BCUT2D eigenvalue weighted by Crippen LogP contribution is -2.28. The Bertz CT molecular complexity index is 750. The molecule has 136 valence electrons. The van der Waals surface area contributed by atoms with Gasteiger partial charge in [-0.05, 0) is 23.8 Å². The first-order valence-electron chi connectivity index (χ1n) is 7.41. The van der Waals surface area contributed by atoms with E-state index in [1.807, 2.05) is 0 Å². The van der Waals surface area contributed by atoms with Crippen molar-refractivity contribution in [3.8, 4) is 11.5 Å². The third-order valence-electron chi connectivity index (χ3n) is 3.58. The SMILES string of the molecule is Cl.NCc1cc(C(=O)NCC(O)c2cc(Cl)c3c(c2)OCCO3)co1. The molecule has 1 amide bonds. The number of ether oxygens (including phenoxy) is 2. The maximum atomic E-state index is 12.0. The molecule has 1 atom stereocenters. The van der Waals surface area contributed by atoms with E-state index in [9.17, 15) is 9.90 Å². The number of carbonyl (C=O) groups excluding carboxylic acids is 1. The number of fused-ring (bicyclic) bond motifs is 1. The number of nitrogens with two attached hydrogens (primary N) is 1. The lowest BCUT2D eigenvalue weighted by atomic mass is 10.1. The molecule has 1 unspecified atom stereocenters. The molecule has 1 aromatic heterocycles. The molecular weight excluding hydrogens is 371 g/mol. The highest BCUT2D eigenvalue weighted by atomic mass is 35.5. The minimum absolute atomic E-state index is 0. The van der Waals surface area contributed by atoms with Crippen LogP contribution in [0.4, 0.5) is 0 Å². The molecule has 1 aliphatic heterocycles. The quantitative estimate of drug-likeness (QED) is 0.723. The molecule has 25 heavy (non-hydrogen) atoms. The number of carbonyl (C=O) groups is 1. The van der Waals surface area contributed by atoms with Gasteiger partial charge in [0.1, 0.15) is 25.2 Å². The van der Waals surface area contributed by atoms with Gasteiger partial charge >= 0.3 is 0 Å². The summed E-state index contributed by atoms with van der Waals surface area (Å²) in [4.78, 5) is 12.0. The van der Waals surface area contributed by atoms with Crippen LogP contribution in [0.15, 0.2) is 28.9 Å². The molecule has 1 aliphatic rings. The molecule has 0 spiro atoms. The smallest absolute Gasteiger partial charge is 0.254 e. The Kier molecular flexibility index (Phi) is 6.55. The van der Waals surface area contributed by atoms with Gasteiger partial charge in [0, 0.05) is 6.54 Å². The van der Waals surface area contributed by atoms with Gasteiger partial charge < -0.3 is 30.0 Å². The van der Waals surface area contributed by atoms with Crippen LogP contribution in [0.2, 0.25) is 5.02 Å². The summed E-state index contributed by atoms with van der Waals surface area (Å²) >= 11 is 6.14. The zero-order valence-corrected chi connectivity index (χ0v) is 14.7. The lowest BCUT2D eigenvalue weighted by molar-refractivity contribution is 0.0915. The molecule has 2 heterocycles. The number of hydrogen-bond donors (Lipinski definition) is 3. The second-order valence-electron chi connectivity index (χ2n) is 5.26. The fourth-order valence-electron chi connectivity index (χ4n) is 2.34. The molecule has 7 nitrogen and oxygen atoms in total. The molecule has 0 fully saturated rings. The Labute approximate surface area is 155 Å². The van der Waals surface area contributed by atoms with Crippen molar-refractivity contribution < 1.29 is 23.8 Å². The van der Waals surface area contributed by atoms with Gasteiger partial charge in [0.2, 0.25) is 0 Å². The number of rotatable bonds is 5. The second-order valence-corrected chi connectivity index (χ2v) is 5.67. The van der Waals surface area contributed by atoms with Gasteiger partial charge in [-0.3, -0.25) is 4.79 Å². The number of aliphatic hydroxyl groups is 1. The summed E-state index contributed by atoms with van der Waals surface area (Å²) < 4.78 is 16.0. The fraction of sp³-hybridized carbons (Fsp3) is 0.312. The van der Waals surface area contributed by atoms with Crippen LogP contribution in [0, 0.1) is 0 Å². The van der Waals surface area contributed by atoms with Gasteiger partial charge in [-0.15, -0.1) is 12.4 Å². The Morgan fingerprint density at radius 2 is 2.08 bits per heavy atom. The first-order valence-corrected chi connectivity index (χ1v) is 7.79. The van der Waals surface area contributed by atoms with Crippen LogP contribution in [0.25, 0.3) is 0 Å². The largest absolute Gasteiger partial charge is 0.486 e. The summed E-state index contributed by atoms with van der Waals surface area (Å²) in [7, 11) is 0. The van der Waals surface area contributed by atoms with Crippen LogP contribution in [0.5, 0.6) is 11.5 Å². The molecule has 0 radical (unpaired) electrons. The standard InChI is InChI=1S/C16H17ClN2O5.ClH/c17-12-4-9(5-14-15(12)23-2-1-22-14)13(20)7-19-16(21)10-3-11(6-18)24-8-10;/h3-5,8,13,20H,1-2,6-7,18H2,(H,19,21);1H. The van der Waals surface area contributed by atoms with E-state index in [4.69, 9.17) is 31.2 Å². The lowest BCUT2D eigenvalue weighted by Gasteiger charge is -2.21. The molecule has 3 rings (SSSR count). The summed E-state index contributed by atoms with van der Waals surface area (Å²) in [5.41, 5.74) is 6.31. The first kappa shape index (κ1) is 19.4. The number of amides is 1. The van der Waals surface area contributed by atoms with E-state index in [2.05, 4.69) is 5.32 Å². The van der Waals surface area contributed by atoms with Crippen molar-refractivity contribution in [2.24, 2.45) is 5.73 Å². The highest BCUT2D eigenvalue weighted by Crippen LogP contribution is 2.39. The zero-order chi connectivity index (χ0) is 17.1. The number of nitrogens with one attached hydrogen (secondary N) is 1. The van der Waals surface area contributed by atoms with E-state index >= 15 is 0 Å². The van der Waals surface area contributed by atoms with Gasteiger partial charge in [0.05, 0.1) is 23.2 Å². The van der Waals surface area contributed by atoms with Crippen molar-refractivity contribution in [2.75, 3.05) is 19.8 Å². The van der Waals surface area contributed by atoms with E-state index in [-0.39, 0.29) is 31.4 Å². The molecule has 1 aromatic carbocycles. The second kappa shape index (κ2) is 8.44. The number of aliphatic hydroxyl groups excluding tert-OH is 1. The van der Waals surface area contributed by atoms with E-state index in [1.165, 1.54) is 6.26 Å². The van der Waals surface area contributed by atoms with Gasteiger partial charge in [-0.25, -0.2) is 0 Å². The number of benzene rings is 1. The minimum atomic E-state index is -0.942. The monoisotopic (exact) mass is 388 g/mol. The van der Waals surface area contributed by atoms with E-state index in [0.29, 0.717) is 46.6 Å². The van der Waals surface area contributed by atoms with Crippen LogP contribution in [-0.4, -0.2) is 30.8 Å². The molecular formula is C16H18Cl2N2O5.